The zero-order valence-electron chi connectivity index (χ0n) is 20.3. The van der Waals surface area contributed by atoms with Crippen molar-refractivity contribution in [2.75, 3.05) is 39.6 Å². The molecule has 2 unspecified atom stereocenters. The van der Waals surface area contributed by atoms with Crippen LogP contribution < -0.4 is 14.8 Å². The summed E-state index contributed by atoms with van der Waals surface area (Å²) in [6.45, 7) is 5.51. The largest absolute Gasteiger partial charge is 0.465 e. The summed E-state index contributed by atoms with van der Waals surface area (Å²) in [5, 5.41) is 13.8. The lowest BCUT2D eigenvalue weighted by Gasteiger charge is -2.39. The molecule has 0 bridgehead atoms. The Balaban J connectivity index is 1.30. The van der Waals surface area contributed by atoms with E-state index in [9.17, 15) is 19.7 Å². The van der Waals surface area contributed by atoms with Crippen molar-refractivity contribution in [3.05, 3.63) is 63.7 Å². The van der Waals surface area contributed by atoms with Crippen LogP contribution in [0.1, 0.15) is 24.1 Å². The number of nitro groups is 1. The van der Waals surface area contributed by atoms with Crippen LogP contribution in [-0.2, 0) is 20.9 Å². The normalized spacial score (nSPS) is 21.3. The first-order valence-corrected chi connectivity index (χ1v) is 12.1. The lowest BCUT2D eigenvalue weighted by atomic mass is 9.91. The molecule has 3 aliphatic heterocycles. The number of rotatable bonds is 6. The van der Waals surface area contributed by atoms with E-state index in [1.54, 1.807) is 6.92 Å². The summed E-state index contributed by atoms with van der Waals surface area (Å²) in [6.07, 6.45) is 0. The molecule has 5 rings (SSSR count). The number of non-ortho nitro benzene ring substituents is 1. The summed E-state index contributed by atoms with van der Waals surface area (Å²) in [4.78, 5) is 45.3. The third kappa shape index (κ3) is 5.19. The molecule has 12 nitrogen and oxygen atoms in total. The molecule has 1 saturated heterocycles. The molecule has 0 aliphatic carbocycles. The highest BCUT2D eigenvalue weighted by Gasteiger charge is 2.42. The number of hydrogen-bond acceptors (Lipinski definition) is 10. The molecule has 0 spiro atoms. The molecule has 1 N–H and O–H groups in total. The molecule has 1 amide bonds. The third-order valence-corrected chi connectivity index (χ3v) is 6.60. The predicted octanol–water partition coefficient (Wildman–Crippen LogP) is 1.85. The van der Waals surface area contributed by atoms with Gasteiger partial charge < -0.3 is 19.1 Å². The second-order valence-corrected chi connectivity index (χ2v) is 8.92. The quantitative estimate of drug-likeness (QED) is 0.268. The van der Waals surface area contributed by atoms with Crippen molar-refractivity contribution in [3.63, 3.8) is 0 Å². The Morgan fingerprint density at radius 3 is 2.57 bits per heavy atom. The zero-order chi connectivity index (χ0) is 25.9. The summed E-state index contributed by atoms with van der Waals surface area (Å²) in [5.74, 6) is -0.476. The number of benzene rings is 2. The first kappa shape index (κ1) is 24.5. The summed E-state index contributed by atoms with van der Waals surface area (Å²) < 4.78 is 16.0. The highest BCUT2D eigenvalue weighted by atomic mass is 16.7. The molecule has 0 saturated carbocycles. The van der Waals surface area contributed by atoms with Crippen LogP contribution in [0, 0.1) is 16.0 Å². The van der Waals surface area contributed by atoms with Gasteiger partial charge in [0.2, 0.25) is 18.7 Å². The van der Waals surface area contributed by atoms with Crippen LogP contribution in [0.3, 0.4) is 0 Å². The van der Waals surface area contributed by atoms with E-state index in [2.05, 4.69) is 10.2 Å². The van der Waals surface area contributed by atoms with E-state index in [0.717, 1.165) is 36.7 Å². The highest BCUT2D eigenvalue weighted by molar-refractivity contribution is 6.08. The zero-order valence-corrected chi connectivity index (χ0v) is 20.3. The van der Waals surface area contributed by atoms with Gasteiger partial charge in [-0.3, -0.25) is 29.9 Å². The molecule has 12 heteroatoms. The van der Waals surface area contributed by atoms with Gasteiger partial charge in [0.1, 0.15) is 6.04 Å². The Bertz CT molecular complexity index is 1220. The monoisotopic (exact) mass is 509 g/mol. The van der Waals surface area contributed by atoms with Gasteiger partial charge in [0.25, 0.3) is 5.69 Å². The Labute approximate surface area is 212 Å². The van der Waals surface area contributed by atoms with Gasteiger partial charge in [-0.2, -0.15) is 0 Å². The van der Waals surface area contributed by atoms with E-state index < -0.39 is 28.8 Å². The van der Waals surface area contributed by atoms with Crippen LogP contribution in [0.25, 0.3) is 0 Å². The number of nitro benzene ring substituents is 1. The average Bonchev–Trinajstić information content (AvgIpc) is 3.37. The highest BCUT2D eigenvalue weighted by Crippen LogP contribution is 2.34. The number of fused-ring (bicyclic) bond motifs is 1. The topological polar surface area (TPSA) is 136 Å². The van der Waals surface area contributed by atoms with E-state index in [1.807, 2.05) is 23.1 Å². The first-order valence-electron chi connectivity index (χ1n) is 12.1. The standard InChI is InChI=1S/C25H27N5O7/c1-2-35-24(32)21-22(17-4-6-18(7-5-17)30(33)34)26-25(27-23(21)31)29-11-9-28(10-12-29)14-16-3-8-19-20(13-16)37-15-36-19/h3-8,13,21-22H,2,9-12,14-15H2,1H3,(H,26,27,31). The van der Waals surface area contributed by atoms with Crippen molar-refractivity contribution in [2.24, 2.45) is 10.9 Å². The van der Waals surface area contributed by atoms with Crippen molar-refractivity contribution in [1.82, 2.24) is 15.1 Å². The van der Waals surface area contributed by atoms with Gasteiger partial charge in [0.05, 0.1) is 11.5 Å². The number of carbonyl (C=O) groups is 2. The summed E-state index contributed by atoms with van der Waals surface area (Å²) >= 11 is 0. The molecular weight excluding hydrogens is 482 g/mol. The maximum absolute atomic E-state index is 13.1. The molecule has 0 aromatic heterocycles. The summed E-state index contributed by atoms with van der Waals surface area (Å²) in [5.41, 5.74) is 1.56. The second-order valence-electron chi connectivity index (χ2n) is 8.92. The third-order valence-electron chi connectivity index (χ3n) is 6.60. The molecule has 194 valence electrons. The molecule has 37 heavy (non-hydrogen) atoms. The molecule has 2 aromatic rings. The minimum Gasteiger partial charge on any atom is -0.465 e. The van der Waals surface area contributed by atoms with Gasteiger partial charge in [0, 0.05) is 44.9 Å². The Hall–Kier alpha value is -4.19. The second kappa shape index (κ2) is 10.4. The number of piperazine rings is 1. The fourth-order valence-electron chi connectivity index (χ4n) is 4.67. The van der Waals surface area contributed by atoms with Gasteiger partial charge in [-0.05, 0) is 30.2 Å². The first-order chi connectivity index (χ1) is 17.9. The van der Waals surface area contributed by atoms with E-state index >= 15 is 0 Å². The SMILES string of the molecule is CCOC(=O)C1C(=O)NC(N2CCN(Cc3ccc4c(c3)OCO4)CC2)=NC1c1ccc([N+](=O)[O-])cc1. The van der Waals surface area contributed by atoms with Crippen LogP contribution in [0.5, 0.6) is 11.5 Å². The smallest absolute Gasteiger partial charge is 0.321 e. The van der Waals surface area contributed by atoms with Crippen molar-refractivity contribution in [3.8, 4) is 11.5 Å². The molecule has 2 atom stereocenters. The summed E-state index contributed by atoms with van der Waals surface area (Å²) in [6, 6.07) is 10.8. The number of ether oxygens (including phenoxy) is 3. The van der Waals surface area contributed by atoms with Crippen LogP contribution in [0.2, 0.25) is 0 Å². The number of esters is 1. The van der Waals surface area contributed by atoms with Crippen LogP contribution in [0.15, 0.2) is 47.5 Å². The Kier molecular flexibility index (Phi) is 6.91. The predicted molar refractivity (Wildman–Crippen MR) is 131 cm³/mol. The van der Waals surface area contributed by atoms with Crippen LogP contribution >= 0.6 is 0 Å². The average molecular weight is 510 g/mol. The molecule has 3 aliphatic rings. The van der Waals surface area contributed by atoms with Crippen LogP contribution in [0.4, 0.5) is 5.69 Å². The van der Waals surface area contributed by atoms with E-state index in [-0.39, 0.29) is 19.1 Å². The van der Waals surface area contributed by atoms with E-state index in [4.69, 9.17) is 19.2 Å². The van der Waals surface area contributed by atoms with Gasteiger partial charge >= 0.3 is 5.97 Å². The maximum atomic E-state index is 13.1. The number of guanidine groups is 1. The van der Waals surface area contributed by atoms with Crippen LogP contribution in [-0.4, -0.2) is 72.1 Å². The van der Waals surface area contributed by atoms with Gasteiger partial charge in [-0.25, -0.2) is 4.99 Å². The molecule has 1 fully saturated rings. The lowest BCUT2D eigenvalue weighted by molar-refractivity contribution is -0.384. The number of aliphatic imine (C=N–C) groups is 1. The van der Waals surface area contributed by atoms with Gasteiger partial charge in [0.15, 0.2) is 17.4 Å². The van der Waals surface area contributed by atoms with Crippen molar-refractivity contribution in [1.29, 1.82) is 0 Å². The fraction of sp³-hybridized carbons (Fsp3) is 0.400. The van der Waals surface area contributed by atoms with Crippen molar-refractivity contribution >= 4 is 23.5 Å². The maximum Gasteiger partial charge on any atom is 0.321 e. The number of nitrogens with zero attached hydrogens (tertiary/aromatic N) is 4. The lowest BCUT2D eigenvalue weighted by Crippen LogP contribution is -2.57. The minimum atomic E-state index is -1.18. The number of carbonyl (C=O) groups excluding carboxylic acids is 2. The molecule has 3 heterocycles. The van der Waals surface area contributed by atoms with E-state index in [1.165, 1.54) is 24.3 Å². The number of amides is 1. The van der Waals surface area contributed by atoms with Gasteiger partial charge in [-0.15, -0.1) is 0 Å². The molecule has 2 aromatic carbocycles. The minimum absolute atomic E-state index is 0.0838. The number of hydrogen-bond donors (Lipinski definition) is 1. The Morgan fingerprint density at radius 1 is 1.14 bits per heavy atom. The van der Waals surface area contributed by atoms with Crippen molar-refractivity contribution < 1.29 is 28.7 Å². The number of nitrogens with one attached hydrogen (secondary N) is 1. The van der Waals surface area contributed by atoms with E-state index in [0.29, 0.717) is 24.6 Å². The Morgan fingerprint density at radius 2 is 1.86 bits per heavy atom. The van der Waals surface area contributed by atoms with Crippen molar-refractivity contribution in [2.45, 2.75) is 19.5 Å². The van der Waals surface area contributed by atoms with Gasteiger partial charge in [-0.1, -0.05) is 18.2 Å². The summed E-state index contributed by atoms with van der Waals surface area (Å²) in [7, 11) is 0. The molecular formula is C25H27N5O7. The molecule has 0 radical (unpaired) electrons. The fourth-order valence-corrected chi connectivity index (χ4v) is 4.67.